The largest absolute Gasteiger partial charge is 0.487 e. The number of hydrogen-bond donors (Lipinski definition) is 2. The summed E-state index contributed by atoms with van der Waals surface area (Å²) in [7, 11) is -3.86. The molecule has 0 aliphatic carbocycles. The van der Waals surface area contributed by atoms with Crippen LogP contribution in [0.3, 0.4) is 0 Å². The topological polar surface area (TPSA) is 111 Å². The Balaban J connectivity index is 1.64. The first-order chi connectivity index (χ1) is 15.0. The number of nitrogens with one attached hydrogen (secondary N) is 2. The summed E-state index contributed by atoms with van der Waals surface area (Å²) in [5.74, 6) is 0.0390. The summed E-state index contributed by atoms with van der Waals surface area (Å²) >= 11 is 0. The van der Waals surface area contributed by atoms with Gasteiger partial charge < -0.3 is 14.5 Å². The highest BCUT2D eigenvalue weighted by molar-refractivity contribution is 7.89. The second-order valence-electron chi connectivity index (χ2n) is 8.35. The first kappa shape index (κ1) is 23.5. The highest BCUT2D eigenvalue weighted by Crippen LogP contribution is 2.21. The molecule has 1 unspecified atom stereocenters. The van der Waals surface area contributed by atoms with Crippen LogP contribution in [0.2, 0.25) is 0 Å². The number of amides is 1. The Hall–Kier alpha value is -3.17. The molecule has 0 aliphatic heterocycles. The summed E-state index contributed by atoms with van der Waals surface area (Å²) in [6.45, 7) is 7.31. The quantitative estimate of drug-likeness (QED) is 0.532. The van der Waals surface area contributed by atoms with Gasteiger partial charge >= 0.3 is 0 Å². The van der Waals surface area contributed by atoms with E-state index in [-0.39, 0.29) is 16.9 Å². The van der Waals surface area contributed by atoms with E-state index >= 15 is 0 Å². The summed E-state index contributed by atoms with van der Waals surface area (Å²) in [5, 5.41) is 2.50. The van der Waals surface area contributed by atoms with Gasteiger partial charge in [-0.1, -0.05) is 18.2 Å². The lowest BCUT2D eigenvalue weighted by Gasteiger charge is -2.19. The van der Waals surface area contributed by atoms with Crippen LogP contribution in [0.1, 0.15) is 55.5 Å². The molecule has 0 bridgehead atoms. The van der Waals surface area contributed by atoms with E-state index in [0.717, 1.165) is 11.3 Å². The minimum absolute atomic E-state index is 0.0892. The van der Waals surface area contributed by atoms with Crippen molar-refractivity contribution in [2.75, 3.05) is 0 Å². The first-order valence-electron chi connectivity index (χ1n) is 10.1. The van der Waals surface area contributed by atoms with Crippen LogP contribution in [0, 0.1) is 0 Å². The Bertz CT molecular complexity index is 1170. The number of carbonyl (C=O) groups excluding carboxylic acids is 1. The molecule has 0 spiro atoms. The molecule has 8 nitrogen and oxygen atoms in total. The van der Waals surface area contributed by atoms with Crippen LogP contribution in [0.5, 0.6) is 5.75 Å². The van der Waals surface area contributed by atoms with Gasteiger partial charge in [0.05, 0.1) is 11.7 Å². The monoisotopic (exact) mass is 457 g/mol. The van der Waals surface area contributed by atoms with Gasteiger partial charge in [0.1, 0.15) is 12.4 Å². The van der Waals surface area contributed by atoms with Crippen molar-refractivity contribution < 1.29 is 22.4 Å². The normalized spacial score (nSPS) is 12.9. The maximum absolute atomic E-state index is 12.6. The lowest BCUT2D eigenvalue weighted by molar-refractivity contribution is 0.0906. The molecular weight excluding hydrogens is 430 g/mol. The van der Waals surface area contributed by atoms with Crippen LogP contribution in [-0.2, 0) is 16.6 Å². The average Bonchev–Trinajstić information content (AvgIpc) is 3.23. The van der Waals surface area contributed by atoms with E-state index in [1.807, 2.05) is 49.4 Å². The number of carbonyl (C=O) groups is 1. The van der Waals surface area contributed by atoms with Crippen LogP contribution < -0.4 is 14.8 Å². The molecule has 2 heterocycles. The predicted octanol–water partition coefficient (Wildman–Crippen LogP) is 3.82. The summed E-state index contributed by atoms with van der Waals surface area (Å²) in [5.41, 5.74) is 0.959. The Morgan fingerprint density at radius 2 is 1.91 bits per heavy atom. The van der Waals surface area contributed by atoms with Crippen LogP contribution in [0.4, 0.5) is 0 Å². The summed E-state index contributed by atoms with van der Waals surface area (Å²) in [6, 6.07) is 15.2. The van der Waals surface area contributed by atoms with E-state index in [0.29, 0.717) is 12.4 Å². The standard InChI is InChI=1S/C23H27N3O5S/c1-16(17-8-7-10-19(14-17)30-15-18-9-5-6-13-24-18)25-22(27)20-11-12-21(31-20)32(28,29)26-23(2,3)4/h5-14,16,26H,15H2,1-4H3,(H,25,27). The van der Waals surface area contributed by atoms with Crippen molar-refractivity contribution in [3.05, 3.63) is 77.8 Å². The predicted molar refractivity (Wildman–Crippen MR) is 120 cm³/mol. The van der Waals surface area contributed by atoms with Crippen molar-refractivity contribution in [2.24, 2.45) is 0 Å². The van der Waals surface area contributed by atoms with Gasteiger partial charge in [-0.2, -0.15) is 0 Å². The lowest BCUT2D eigenvalue weighted by Crippen LogP contribution is -2.40. The zero-order valence-corrected chi connectivity index (χ0v) is 19.3. The Kier molecular flexibility index (Phi) is 7.00. The van der Waals surface area contributed by atoms with Crippen molar-refractivity contribution in [1.82, 2.24) is 15.0 Å². The molecule has 0 radical (unpaired) electrons. The highest BCUT2D eigenvalue weighted by Gasteiger charge is 2.26. The number of furan rings is 1. The van der Waals surface area contributed by atoms with Crippen LogP contribution in [0.15, 0.2) is 70.3 Å². The van der Waals surface area contributed by atoms with E-state index in [1.165, 1.54) is 12.1 Å². The SMILES string of the molecule is CC(NC(=O)c1ccc(S(=O)(=O)NC(C)(C)C)o1)c1cccc(OCc2ccccn2)c1. The van der Waals surface area contributed by atoms with Gasteiger partial charge in [0.15, 0.2) is 5.76 Å². The molecular formula is C23H27N3O5S. The van der Waals surface area contributed by atoms with Gasteiger partial charge in [0.2, 0.25) is 5.09 Å². The number of benzene rings is 1. The number of pyridine rings is 1. The molecule has 1 aromatic carbocycles. The fourth-order valence-electron chi connectivity index (χ4n) is 2.91. The van der Waals surface area contributed by atoms with Crippen molar-refractivity contribution >= 4 is 15.9 Å². The van der Waals surface area contributed by atoms with Crippen molar-refractivity contribution in [3.63, 3.8) is 0 Å². The molecule has 9 heteroatoms. The molecule has 0 saturated heterocycles. The number of ether oxygens (including phenoxy) is 1. The molecule has 3 rings (SSSR count). The van der Waals surface area contributed by atoms with Gasteiger partial charge in [-0.25, -0.2) is 13.1 Å². The third-order valence-corrected chi connectivity index (χ3v) is 5.96. The van der Waals surface area contributed by atoms with E-state index in [2.05, 4.69) is 15.0 Å². The van der Waals surface area contributed by atoms with Crippen molar-refractivity contribution in [3.8, 4) is 5.75 Å². The molecule has 0 saturated carbocycles. The van der Waals surface area contributed by atoms with E-state index in [9.17, 15) is 13.2 Å². The molecule has 32 heavy (non-hydrogen) atoms. The minimum Gasteiger partial charge on any atom is -0.487 e. The lowest BCUT2D eigenvalue weighted by atomic mass is 10.1. The zero-order valence-electron chi connectivity index (χ0n) is 18.5. The second kappa shape index (κ2) is 9.54. The third-order valence-electron chi connectivity index (χ3n) is 4.33. The Morgan fingerprint density at radius 3 is 2.59 bits per heavy atom. The summed E-state index contributed by atoms with van der Waals surface area (Å²) in [4.78, 5) is 16.8. The maximum atomic E-state index is 12.6. The van der Waals surface area contributed by atoms with Crippen LogP contribution >= 0.6 is 0 Å². The number of sulfonamides is 1. The zero-order chi connectivity index (χ0) is 23.4. The van der Waals surface area contributed by atoms with Gasteiger partial charge in [-0.15, -0.1) is 0 Å². The van der Waals surface area contributed by atoms with Crippen LogP contribution in [0.25, 0.3) is 0 Å². The molecule has 0 aliphatic rings. The molecule has 1 amide bonds. The minimum atomic E-state index is -3.86. The van der Waals surface area contributed by atoms with Gasteiger partial charge in [0.25, 0.3) is 15.9 Å². The third kappa shape index (κ3) is 6.41. The highest BCUT2D eigenvalue weighted by atomic mass is 32.2. The van der Waals surface area contributed by atoms with E-state index < -0.39 is 21.5 Å². The average molecular weight is 458 g/mol. The second-order valence-corrected chi connectivity index (χ2v) is 9.96. The van der Waals surface area contributed by atoms with Crippen molar-refractivity contribution in [2.45, 2.75) is 51.0 Å². The van der Waals surface area contributed by atoms with Gasteiger partial charge in [-0.05, 0) is 69.7 Å². The molecule has 0 fully saturated rings. The molecule has 2 N–H and O–H groups in total. The number of aromatic nitrogens is 1. The number of hydrogen-bond acceptors (Lipinski definition) is 6. The first-order valence-corrected chi connectivity index (χ1v) is 11.6. The van der Waals surface area contributed by atoms with E-state index in [4.69, 9.17) is 9.15 Å². The maximum Gasteiger partial charge on any atom is 0.287 e. The summed E-state index contributed by atoms with van der Waals surface area (Å²) < 4.78 is 38.3. The number of rotatable bonds is 8. The number of nitrogens with zero attached hydrogens (tertiary/aromatic N) is 1. The van der Waals surface area contributed by atoms with Gasteiger partial charge in [0, 0.05) is 11.7 Å². The van der Waals surface area contributed by atoms with Crippen LogP contribution in [-0.4, -0.2) is 24.8 Å². The van der Waals surface area contributed by atoms with Gasteiger partial charge in [-0.3, -0.25) is 9.78 Å². The fraction of sp³-hybridized carbons (Fsp3) is 0.304. The Morgan fingerprint density at radius 1 is 1.12 bits per heavy atom. The molecule has 1 atom stereocenters. The smallest absolute Gasteiger partial charge is 0.287 e. The summed E-state index contributed by atoms with van der Waals surface area (Å²) in [6.07, 6.45) is 1.71. The Labute approximate surface area is 188 Å². The van der Waals surface area contributed by atoms with E-state index in [1.54, 1.807) is 27.0 Å². The van der Waals surface area contributed by atoms with Crippen molar-refractivity contribution in [1.29, 1.82) is 0 Å². The molecule has 3 aromatic rings. The molecule has 170 valence electrons. The molecule has 2 aromatic heterocycles. The fourth-order valence-corrected chi connectivity index (χ4v) is 4.26.